The maximum absolute atomic E-state index is 12.5. The van der Waals surface area contributed by atoms with Crippen molar-refractivity contribution in [1.29, 1.82) is 0 Å². The van der Waals surface area contributed by atoms with Crippen LogP contribution in [0.25, 0.3) is 0 Å². The number of carbonyl (C=O) groups is 2. The summed E-state index contributed by atoms with van der Waals surface area (Å²) in [5, 5.41) is 0.181. The number of carbonyl (C=O) groups excluding carboxylic acids is 2. The van der Waals surface area contributed by atoms with Crippen LogP contribution in [-0.4, -0.2) is 33.7 Å². The minimum atomic E-state index is -0.375. The van der Waals surface area contributed by atoms with Crippen molar-refractivity contribution in [2.24, 2.45) is 4.99 Å². The van der Waals surface area contributed by atoms with Gasteiger partial charge in [-0.1, -0.05) is 41.2 Å². The average Bonchev–Trinajstić information content (AvgIpc) is 3.04. The van der Waals surface area contributed by atoms with Gasteiger partial charge in [-0.15, -0.1) is 0 Å². The molecule has 2 amide bonds. The standard InChI is InChI=1S/C14H13ClN2O2S2/c1-8-9(15)3-2-4-10(8)17-12(18)7-11(13(17)19)21-14-16-5-6-20-14/h2-4,11H,5-7H2,1H3/t11-/m1/s1. The predicted molar refractivity (Wildman–Crippen MR) is 89.4 cm³/mol. The number of rotatable bonds is 2. The third kappa shape index (κ3) is 2.84. The molecule has 3 rings (SSSR count). The second kappa shape index (κ2) is 6.02. The molecule has 1 aromatic rings. The Balaban J connectivity index is 1.85. The molecule has 21 heavy (non-hydrogen) atoms. The van der Waals surface area contributed by atoms with Crippen molar-refractivity contribution in [3.05, 3.63) is 28.8 Å². The average molecular weight is 341 g/mol. The molecule has 0 radical (unpaired) electrons. The molecule has 1 fully saturated rings. The van der Waals surface area contributed by atoms with E-state index in [1.54, 1.807) is 30.0 Å². The van der Waals surface area contributed by atoms with Gasteiger partial charge in [-0.2, -0.15) is 0 Å². The molecule has 1 aromatic carbocycles. The van der Waals surface area contributed by atoms with Crippen LogP contribution in [0.1, 0.15) is 12.0 Å². The third-order valence-corrected chi connectivity index (χ3v) is 6.18. The van der Waals surface area contributed by atoms with Gasteiger partial charge in [-0.25, -0.2) is 4.90 Å². The van der Waals surface area contributed by atoms with Crippen molar-refractivity contribution >= 4 is 57.0 Å². The van der Waals surface area contributed by atoms with E-state index in [1.165, 1.54) is 16.7 Å². The maximum atomic E-state index is 12.5. The van der Waals surface area contributed by atoms with Crippen molar-refractivity contribution in [2.75, 3.05) is 17.2 Å². The molecule has 0 aliphatic carbocycles. The number of nitrogens with zero attached hydrogens (tertiary/aromatic N) is 2. The first-order chi connectivity index (χ1) is 10.1. The number of imide groups is 1. The van der Waals surface area contributed by atoms with Crippen LogP contribution < -0.4 is 4.90 Å². The second-order valence-electron chi connectivity index (χ2n) is 4.76. The number of hydrogen-bond acceptors (Lipinski definition) is 5. The molecule has 0 saturated carbocycles. The van der Waals surface area contributed by atoms with Crippen LogP contribution in [0.4, 0.5) is 5.69 Å². The fourth-order valence-electron chi connectivity index (χ4n) is 2.30. The molecular formula is C14H13ClN2O2S2. The molecule has 0 aromatic heterocycles. The number of aliphatic imine (C=N–C) groups is 1. The van der Waals surface area contributed by atoms with Gasteiger partial charge in [-0.3, -0.25) is 14.6 Å². The van der Waals surface area contributed by atoms with E-state index in [4.69, 9.17) is 11.6 Å². The third-order valence-electron chi connectivity index (χ3n) is 3.39. The summed E-state index contributed by atoms with van der Waals surface area (Å²) in [7, 11) is 0. The van der Waals surface area contributed by atoms with E-state index in [0.29, 0.717) is 10.7 Å². The molecule has 0 spiro atoms. The lowest BCUT2D eigenvalue weighted by atomic mass is 10.2. The van der Waals surface area contributed by atoms with Gasteiger partial charge in [-0.05, 0) is 24.6 Å². The van der Waals surface area contributed by atoms with Crippen LogP contribution in [0.2, 0.25) is 5.02 Å². The van der Waals surface area contributed by atoms with E-state index < -0.39 is 0 Å². The quantitative estimate of drug-likeness (QED) is 0.776. The number of amides is 2. The summed E-state index contributed by atoms with van der Waals surface area (Å²) in [6.07, 6.45) is 0.217. The molecular weight excluding hydrogens is 328 g/mol. The predicted octanol–water partition coefficient (Wildman–Crippen LogP) is 3.12. The number of thioether (sulfide) groups is 2. The summed E-state index contributed by atoms with van der Waals surface area (Å²) in [6, 6.07) is 5.26. The zero-order valence-electron chi connectivity index (χ0n) is 11.3. The lowest BCUT2D eigenvalue weighted by Gasteiger charge is -2.17. The molecule has 4 nitrogen and oxygen atoms in total. The van der Waals surface area contributed by atoms with Crippen LogP contribution in [0, 0.1) is 6.92 Å². The fourth-order valence-corrected chi connectivity index (χ4v) is 4.72. The van der Waals surface area contributed by atoms with Gasteiger partial charge in [0.25, 0.3) is 0 Å². The first-order valence-electron chi connectivity index (χ1n) is 6.54. The zero-order chi connectivity index (χ0) is 15.0. The van der Waals surface area contributed by atoms with Gasteiger partial charge >= 0.3 is 0 Å². The monoisotopic (exact) mass is 340 g/mol. The van der Waals surface area contributed by atoms with Crippen LogP contribution in [0.5, 0.6) is 0 Å². The Labute approximate surface area is 136 Å². The summed E-state index contributed by atoms with van der Waals surface area (Å²) in [4.78, 5) is 30.4. The first kappa shape index (κ1) is 14.9. The van der Waals surface area contributed by atoms with Gasteiger partial charge in [0.2, 0.25) is 11.8 Å². The number of anilines is 1. The minimum absolute atomic E-state index is 0.175. The lowest BCUT2D eigenvalue weighted by Crippen LogP contribution is -2.31. The molecule has 2 aliphatic rings. The Morgan fingerprint density at radius 3 is 2.95 bits per heavy atom. The molecule has 0 bridgehead atoms. The van der Waals surface area contributed by atoms with Crippen molar-refractivity contribution in [1.82, 2.24) is 0 Å². The molecule has 2 aliphatic heterocycles. The lowest BCUT2D eigenvalue weighted by molar-refractivity contribution is -0.121. The highest BCUT2D eigenvalue weighted by atomic mass is 35.5. The van der Waals surface area contributed by atoms with Gasteiger partial charge < -0.3 is 0 Å². The summed E-state index contributed by atoms with van der Waals surface area (Å²) in [5.74, 6) is 0.603. The van der Waals surface area contributed by atoms with Crippen molar-refractivity contribution in [3.63, 3.8) is 0 Å². The van der Waals surface area contributed by atoms with E-state index in [0.717, 1.165) is 22.2 Å². The topological polar surface area (TPSA) is 49.7 Å². The van der Waals surface area contributed by atoms with Crippen molar-refractivity contribution in [2.45, 2.75) is 18.6 Å². The second-order valence-corrected chi connectivity index (χ2v) is 7.70. The molecule has 2 heterocycles. The molecule has 110 valence electrons. The van der Waals surface area contributed by atoms with Crippen LogP contribution in [-0.2, 0) is 9.59 Å². The van der Waals surface area contributed by atoms with Crippen LogP contribution in [0.3, 0.4) is 0 Å². The van der Waals surface area contributed by atoms with E-state index in [9.17, 15) is 9.59 Å². The number of hydrogen-bond donors (Lipinski definition) is 0. The zero-order valence-corrected chi connectivity index (χ0v) is 13.7. The molecule has 1 atom stereocenters. The van der Waals surface area contributed by atoms with E-state index in [-0.39, 0.29) is 23.5 Å². The molecule has 0 unspecified atom stereocenters. The Morgan fingerprint density at radius 1 is 1.43 bits per heavy atom. The largest absolute Gasteiger partial charge is 0.274 e. The molecule has 0 N–H and O–H groups in total. The minimum Gasteiger partial charge on any atom is -0.274 e. The Bertz CT molecular complexity index is 648. The van der Waals surface area contributed by atoms with Gasteiger partial charge in [0, 0.05) is 17.2 Å². The van der Waals surface area contributed by atoms with Crippen molar-refractivity contribution in [3.8, 4) is 0 Å². The Kier molecular flexibility index (Phi) is 4.28. The summed E-state index contributed by atoms with van der Waals surface area (Å²) in [5.41, 5.74) is 1.33. The number of benzene rings is 1. The normalized spacial score (nSPS) is 22.1. The van der Waals surface area contributed by atoms with Gasteiger partial charge in [0.15, 0.2) is 0 Å². The highest BCUT2D eigenvalue weighted by Crippen LogP contribution is 2.36. The van der Waals surface area contributed by atoms with Crippen LogP contribution >= 0.6 is 35.1 Å². The van der Waals surface area contributed by atoms with E-state index in [1.807, 2.05) is 6.92 Å². The molecule has 1 saturated heterocycles. The van der Waals surface area contributed by atoms with Crippen molar-refractivity contribution < 1.29 is 9.59 Å². The Morgan fingerprint density at radius 2 is 2.24 bits per heavy atom. The van der Waals surface area contributed by atoms with E-state index in [2.05, 4.69) is 4.99 Å². The maximum Gasteiger partial charge on any atom is 0.247 e. The summed E-state index contributed by atoms with van der Waals surface area (Å²) in [6.45, 7) is 2.61. The number of halogens is 1. The Hall–Kier alpha value is -0.980. The highest BCUT2D eigenvalue weighted by Gasteiger charge is 2.41. The smallest absolute Gasteiger partial charge is 0.247 e. The summed E-state index contributed by atoms with van der Waals surface area (Å²) < 4.78 is 0.908. The fraction of sp³-hybridized carbons (Fsp3) is 0.357. The van der Waals surface area contributed by atoms with E-state index >= 15 is 0 Å². The first-order valence-corrected chi connectivity index (χ1v) is 8.78. The van der Waals surface area contributed by atoms with Gasteiger partial charge in [0.1, 0.15) is 9.63 Å². The summed E-state index contributed by atoms with van der Waals surface area (Å²) >= 11 is 9.13. The van der Waals surface area contributed by atoms with Crippen LogP contribution in [0.15, 0.2) is 23.2 Å². The highest BCUT2D eigenvalue weighted by molar-refractivity contribution is 8.39. The molecule has 7 heteroatoms. The SMILES string of the molecule is Cc1c(Cl)cccc1N1C(=O)C[C@@H](SC2=NCCS2)C1=O. The van der Waals surface area contributed by atoms with Gasteiger partial charge in [0.05, 0.1) is 12.2 Å².